The van der Waals surface area contributed by atoms with Crippen LogP contribution in [-0.2, 0) is 20.0 Å². The molecule has 1 unspecified atom stereocenters. The molecule has 1 heterocycles. The summed E-state index contributed by atoms with van der Waals surface area (Å²) in [6, 6.07) is 5.27. The largest absolute Gasteiger partial charge is 0.357 e. The fourth-order valence-electron chi connectivity index (χ4n) is 2.83. The topological polar surface area (TPSA) is 54.2 Å². The van der Waals surface area contributed by atoms with Gasteiger partial charge in [-0.2, -0.15) is 5.10 Å². The molecule has 1 aromatic carbocycles. The summed E-state index contributed by atoms with van der Waals surface area (Å²) in [5.41, 5.74) is 4.34. The number of nitrogens with zero attached hydrogens (tertiary/aromatic N) is 3. The average molecular weight is 424 g/mol. The zero-order chi connectivity index (χ0) is 19.3. The van der Waals surface area contributed by atoms with E-state index < -0.39 is 0 Å². The van der Waals surface area contributed by atoms with Gasteiger partial charge in [-0.25, -0.2) is 9.38 Å². The molecule has 0 saturated heterocycles. The summed E-state index contributed by atoms with van der Waals surface area (Å²) >= 11 is 3.17. The third-order valence-electron chi connectivity index (χ3n) is 4.30. The van der Waals surface area contributed by atoms with Crippen molar-refractivity contribution in [3.05, 3.63) is 51.0 Å². The lowest BCUT2D eigenvalue weighted by Crippen LogP contribution is -2.43. The molecule has 0 radical (unpaired) electrons. The van der Waals surface area contributed by atoms with Crippen molar-refractivity contribution in [1.82, 2.24) is 20.4 Å². The summed E-state index contributed by atoms with van der Waals surface area (Å²) in [6.45, 7) is 9.45. The molecule has 7 heteroatoms. The second-order valence-corrected chi connectivity index (χ2v) is 7.32. The van der Waals surface area contributed by atoms with E-state index in [2.05, 4.69) is 50.5 Å². The van der Waals surface area contributed by atoms with Gasteiger partial charge in [-0.1, -0.05) is 6.07 Å². The van der Waals surface area contributed by atoms with Gasteiger partial charge >= 0.3 is 0 Å². The van der Waals surface area contributed by atoms with E-state index in [4.69, 9.17) is 0 Å². The molecule has 1 aromatic heterocycles. The number of rotatable bonds is 6. The summed E-state index contributed by atoms with van der Waals surface area (Å²) in [6.07, 6.45) is 0.864. The lowest BCUT2D eigenvalue weighted by molar-refractivity contribution is 0.618. The Balaban J connectivity index is 2.05. The summed E-state index contributed by atoms with van der Waals surface area (Å²) in [5.74, 6) is 0.453. The van der Waals surface area contributed by atoms with Gasteiger partial charge < -0.3 is 10.6 Å². The van der Waals surface area contributed by atoms with Crippen LogP contribution in [0.5, 0.6) is 0 Å². The van der Waals surface area contributed by atoms with Gasteiger partial charge in [-0.05, 0) is 73.3 Å². The number of aryl methyl sites for hydroxylation is 2. The van der Waals surface area contributed by atoms with E-state index in [0.717, 1.165) is 30.2 Å². The first-order valence-corrected chi connectivity index (χ1v) is 9.59. The number of hydrogen-bond acceptors (Lipinski definition) is 2. The number of guanidine groups is 1. The molecule has 142 valence electrons. The van der Waals surface area contributed by atoms with Gasteiger partial charge in [0.1, 0.15) is 5.82 Å². The van der Waals surface area contributed by atoms with Crippen molar-refractivity contribution >= 4 is 21.9 Å². The van der Waals surface area contributed by atoms with Crippen LogP contribution in [-0.4, -0.2) is 28.3 Å². The number of aromatic nitrogens is 2. The average Bonchev–Trinajstić information content (AvgIpc) is 2.82. The Labute approximate surface area is 163 Å². The molecule has 2 rings (SSSR count). The summed E-state index contributed by atoms with van der Waals surface area (Å²) in [7, 11) is 1.97. The second-order valence-electron chi connectivity index (χ2n) is 6.47. The molecular formula is C19H27BrFN5. The minimum Gasteiger partial charge on any atom is -0.357 e. The first kappa shape index (κ1) is 20.4. The zero-order valence-corrected chi connectivity index (χ0v) is 17.6. The molecule has 1 atom stereocenters. The van der Waals surface area contributed by atoms with Gasteiger partial charge in [-0.15, -0.1) is 0 Å². The highest BCUT2D eigenvalue weighted by Gasteiger charge is 2.14. The van der Waals surface area contributed by atoms with E-state index in [1.165, 1.54) is 17.3 Å². The lowest BCUT2D eigenvalue weighted by atomic mass is 10.1. The van der Waals surface area contributed by atoms with E-state index in [1.807, 2.05) is 31.6 Å². The number of halogens is 2. The van der Waals surface area contributed by atoms with Crippen LogP contribution >= 0.6 is 15.9 Å². The van der Waals surface area contributed by atoms with Crippen LogP contribution in [0.2, 0.25) is 0 Å². The Morgan fingerprint density at radius 1 is 1.38 bits per heavy atom. The lowest BCUT2D eigenvalue weighted by Gasteiger charge is -2.18. The smallest absolute Gasteiger partial charge is 0.191 e. The molecule has 0 spiro atoms. The highest BCUT2D eigenvalue weighted by atomic mass is 79.9. The van der Waals surface area contributed by atoms with Crippen LogP contribution in [0.4, 0.5) is 4.39 Å². The monoisotopic (exact) mass is 423 g/mol. The van der Waals surface area contributed by atoms with Crippen molar-refractivity contribution < 1.29 is 4.39 Å². The molecule has 2 N–H and O–H groups in total. The Morgan fingerprint density at radius 2 is 2.12 bits per heavy atom. The van der Waals surface area contributed by atoms with Crippen LogP contribution in [0.3, 0.4) is 0 Å². The van der Waals surface area contributed by atoms with Crippen molar-refractivity contribution in [2.75, 3.05) is 6.54 Å². The van der Waals surface area contributed by atoms with E-state index in [0.29, 0.717) is 11.0 Å². The fourth-order valence-corrected chi connectivity index (χ4v) is 3.08. The number of aliphatic imine (C=N–C) groups is 1. The first-order valence-electron chi connectivity index (χ1n) is 8.79. The minimum absolute atomic E-state index is 0.191. The van der Waals surface area contributed by atoms with Gasteiger partial charge in [0.05, 0.1) is 16.7 Å². The fraction of sp³-hybridized carbons (Fsp3) is 0.474. The first-order chi connectivity index (χ1) is 12.3. The third kappa shape index (κ3) is 5.30. The number of benzene rings is 1. The minimum atomic E-state index is -0.272. The maximum atomic E-state index is 13.6. The predicted molar refractivity (Wildman–Crippen MR) is 108 cm³/mol. The van der Waals surface area contributed by atoms with Crippen molar-refractivity contribution in [1.29, 1.82) is 0 Å². The van der Waals surface area contributed by atoms with Gasteiger partial charge in [-0.3, -0.25) is 4.68 Å². The maximum Gasteiger partial charge on any atom is 0.191 e. The highest BCUT2D eigenvalue weighted by Crippen LogP contribution is 2.17. The van der Waals surface area contributed by atoms with Crippen LogP contribution in [0.1, 0.15) is 36.4 Å². The molecule has 5 nitrogen and oxygen atoms in total. The van der Waals surface area contributed by atoms with Crippen LogP contribution < -0.4 is 10.6 Å². The van der Waals surface area contributed by atoms with E-state index in [9.17, 15) is 4.39 Å². The number of hydrogen-bond donors (Lipinski definition) is 2. The highest BCUT2D eigenvalue weighted by molar-refractivity contribution is 9.10. The number of nitrogens with one attached hydrogen (secondary N) is 2. The van der Waals surface area contributed by atoms with Gasteiger partial charge in [0.15, 0.2) is 5.96 Å². The van der Waals surface area contributed by atoms with Gasteiger partial charge in [0.25, 0.3) is 0 Å². The standard InChI is InChI=1S/C19H27BrFN5/c1-6-22-19(23-11-15-7-8-17(20)18(21)10-15)24-12(2)9-16-13(3)25-26(5)14(16)4/h7-8,10,12H,6,9,11H2,1-5H3,(H2,22,23,24). The Morgan fingerprint density at radius 3 is 2.69 bits per heavy atom. The molecule has 0 amide bonds. The molecule has 0 fully saturated rings. The normalized spacial score (nSPS) is 13.0. The van der Waals surface area contributed by atoms with Gasteiger partial charge in [0.2, 0.25) is 0 Å². The molecule has 0 saturated carbocycles. The maximum absolute atomic E-state index is 13.6. The third-order valence-corrected chi connectivity index (χ3v) is 4.94. The predicted octanol–water partition coefficient (Wildman–Crippen LogP) is 3.62. The summed E-state index contributed by atoms with van der Waals surface area (Å²) < 4.78 is 16.0. The molecule has 0 bridgehead atoms. The van der Waals surface area contributed by atoms with Crippen LogP contribution in [0.15, 0.2) is 27.7 Å². The van der Waals surface area contributed by atoms with E-state index in [-0.39, 0.29) is 11.9 Å². The molecule has 2 aromatic rings. The molecule has 0 aliphatic carbocycles. The van der Waals surface area contributed by atoms with E-state index in [1.54, 1.807) is 6.07 Å². The second kappa shape index (κ2) is 9.16. The van der Waals surface area contributed by atoms with Crippen LogP contribution in [0.25, 0.3) is 0 Å². The summed E-state index contributed by atoms with van der Waals surface area (Å²) in [5, 5.41) is 11.1. The quantitative estimate of drug-likeness (QED) is 0.550. The SMILES string of the molecule is CCNC(=NCc1ccc(Br)c(F)c1)NC(C)Cc1c(C)nn(C)c1C. The Hall–Kier alpha value is -1.89. The Bertz CT molecular complexity index is 784. The molecule has 0 aliphatic heterocycles. The molecule has 0 aliphatic rings. The van der Waals surface area contributed by atoms with Crippen molar-refractivity contribution in [3.8, 4) is 0 Å². The molecule has 26 heavy (non-hydrogen) atoms. The van der Waals surface area contributed by atoms with Crippen molar-refractivity contribution in [3.63, 3.8) is 0 Å². The van der Waals surface area contributed by atoms with Crippen molar-refractivity contribution in [2.45, 2.75) is 46.7 Å². The summed E-state index contributed by atoms with van der Waals surface area (Å²) in [4.78, 5) is 4.58. The zero-order valence-electron chi connectivity index (χ0n) is 16.0. The molecular weight excluding hydrogens is 397 g/mol. The van der Waals surface area contributed by atoms with Crippen LogP contribution in [0, 0.1) is 19.7 Å². The Kier molecular flexibility index (Phi) is 7.20. The van der Waals surface area contributed by atoms with E-state index >= 15 is 0 Å². The van der Waals surface area contributed by atoms with Crippen molar-refractivity contribution in [2.24, 2.45) is 12.0 Å². The van der Waals surface area contributed by atoms with Gasteiger partial charge in [0, 0.05) is 25.3 Å².